The zero-order valence-electron chi connectivity index (χ0n) is 14.4. The summed E-state index contributed by atoms with van der Waals surface area (Å²) in [6, 6.07) is 5.41. The fourth-order valence-corrected chi connectivity index (χ4v) is 2.55. The third-order valence-electron chi connectivity index (χ3n) is 3.77. The summed E-state index contributed by atoms with van der Waals surface area (Å²) in [5.41, 5.74) is 0.377. The standard InChI is InChI=1S/C17H21F3N4O/c1-22(11-14-6-4-5-7-15(14)17(18,19)20)12-16(25)23(2)9-13-8-21-24(3)10-13/h4-8,10H,9,11-12H2,1-3H3. The van der Waals surface area contributed by atoms with Gasteiger partial charge >= 0.3 is 6.18 Å². The van der Waals surface area contributed by atoms with Gasteiger partial charge in [-0.05, 0) is 18.7 Å². The molecule has 8 heteroatoms. The van der Waals surface area contributed by atoms with Crippen molar-refractivity contribution in [1.82, 2.24) is 19.6 Å². The Morgan fingerprint density at radius 3 is 2.48 bits per heavy atom. The molecule has 0 saturated heterocycles. The number of carbonyl (C=O) groups excluding carboxylic acids is 1. The number of likely N-dealkylation sites (N-methyl/N-ethyl adjacent to an activating group) is 2. The minimum absolute atomic E-state index is 0.0307. The van der Waals surface area contributed by atoms with Gasteiger partial charge in [-0.15, -0.1) is 0 Å². The van der Waals surface area contributed by atoms with Crippen LogP contribution in [0.25, 0.3) is 0 Å². The van der Waals surface area contributed by atoms with Gasteiger partial charge in [0.25, 0.3) is 0 Å². The largest absolute Gasteiger partial charge is 0.416 e. The van der Waals surface area contributed by atoms with Crippen LogP contribution in [0.15, 0.2) is 36.7 Å². The smallest absolute Gasteiger partial charge is 0.340 e. The molecule has 1 amide bonds. The average Bonchev–Trinajstić information content (AvgIpc) is 2.91. The SMILES string of the molecule is CN(CC(=O)N(C)Cc1cnn(C)c1)Cc1ccccc1C(F)(F)F. The van der Waals surface area contributed by atoms with Crippen molar-refractivity contribution in [3.63, 3.8) is 0 Å². The molecule has 0 radical (unpaired) electrons. The predicted molar refractivity (Wildman–Crippen MR) is 87.5 cm³/mol. The fraction of sp³-hybridized carbons (Fsp3) is 0.412. The van der Waals surface area contributed by atoms with Crippen LogP contribution in [0.4, 0.5) is 13.2 Å². The summed E-state index contributed by atoms with van der Waals surface area (Å²) in [5.74, 6) is -0.171. The summed E-state index contributed by atoms with van der Waals surface area (Å²) in [6.45, 7) is 0.477. The molecule has 0 unspecified atom stereocenters. The quantitative estimate of drug-likeness (QED) is 0.801. The van der Waals surface area contributed by atoms with E-state index in [9.17, 15) is 18.0 Å². The zero-order valence-corrected chi connectivity index (χ0v) is 14.4. The van der Waals surface area contributed by atoms with Crippen LogP contribution in [0.3, 0.4) is 0 Å². The normalized spacial score (nSPS) is 11.8. The number of hydrogen-bond acceptors (Lipinski definition) is 3. The summed E-state index contributed by atoms with van der Waals surface area (Å²) in [5, 5.41) is 4.04. The lowest BCUT2D eigenvalue weighted by Crippen LogP contribution is -2.36. The maximum Gasteiger partial charge on any atom is 0.416 e. The summed E-state index contributed by atoms with van der Waals surface area (Å²) in [7, 11) is 5.08. The van der Waals surface area contributed by atoms with Gasteiger partial charge in [0.1, 0.15) is 0 Å². The van der Waals surface area contributed by atoms with Gasteiger partial charge in [0.15, 0.2) is 0 Å². The predicted octanol–water partition coefficient (Wildman–Crippen LogP) is 2.53. The van der Waals surface area contributed by atoms with Crippen LogP contribution in [0.5, 0.6) is 0 Å². The van der Waals surface area contributed by atoms with E-state index in [2.05, 4.69) is 5.10 Å². The molecule has 2 aromatic rings. The number of benzene rings is 1. The Kier molecular flexibility index (Phi) is 5.84. The van der Waals surface area contributed by atoms with E-state index in [0.29, 0.717) is 6.54 Å². The van der Waals surface area contributed by atoms with Crippen LogP contribution in [0.1, 0.15) is 16.7 Å². The number of rotatable bonds is 6. The monoisotopic (exact) mass is 354 g/mol. The maximum absolute atomic E-state index is 13.0. The molecule has 0 saturated carbocycles. The van der Waals surface area contributed by atoms with Crippen molar-refractivity contribution < 1.29 is 18.0 Å². The molecule has 0 bridgehead atoms. The third-order valence-corrected chi connectivity index (χ3v) is 3.77. The molecule has 136 valence electrons. The van der Waals surface area contributed by atoms with Crippen molar-refractivity contribution in [3.05, 3.63) is 53.3 Å². The van der Waals surface area contributed by atoms with E-state index < -0.39 is 11.7 Å². The molecule has 0 fully saturated rings. The Hall–Kier alpha value is -2.35. The summed E-state index contributed by atoms with van der Waals surface area (Å²) >= 11 is 0. The summed E-state index contributed by atoms with van der Waals surface area (Å²) < 4.78 is 40.7. The van der Waals surface area contributed by atoms with Crippen molar-refractivity contribution >= 4 is 5.91 Å². The van der Waals surface area contributed by atoms with Crippen molar-refractivity contribution in [3.8, 4) is 0 Å². The van der Waals surface area contributed by atoms with Gasteiger partial charge < -0.3 is 4.90 Å². The number of hydrogen-bond donors (Lipinski definition) is 0. The van der Waals surface area contributed by atoms with Crippen LogP contribution >= 0.6 is 0 Å². The first-order valence-electron chi connectivity index (χ1n) is 7.72. The molecule has 5 nitrogen and oxygen atoms in total. The lowest BCUT2D eigenvalue weighted by atomic mass is 10.1. The van der Waals surface area contributed by atoms with E-state index in [4.69, 9.17) is 0 Å². The van der Waals surface area contributed by atoms with Gasteiger partial charge in [0, 0.05) is 38.9 Å². The van der Waals surface area contributed by atoms with Gasteiger partial charge in [-0.3, -0.25) is 14.4 Å². The highest BCUT2D eigenvalue weighted by Crippen LogP contribution is 2.32. The Labute approximate surface area is 144 Å². The highest BCUT2D eigenvalue weighted by molar-refractivity contribution is 5.77. The molecule has 1 aromatic carbocycles. The molecule has 0 aliphatic heterocycles. The third kappa shape index (κ3) is 5.32. The average molecular weight is 354 g/mol. The molecule has 0 aliphatic carbocycles. The van der Waals surface area contributed by atoms with Crippen molar-refractivity contribution in [1.29, 1.82) is 0 Å². The second-order valence-electron chi connectivity index (χ2n) is 6.10. The van der Waals surface area contributed by atoms with E-state index in [0.717, 1.165) is 11.6 Å². The van der Waals surface area contributed by atoms with E-state index in [1.165, 1.54) is 17.0 Å². The molecule has 25 heavy (non-hydrogen) atoms. The van der Waals surface area contributed by atoms with E-state index in [1.807, 2.05) is 6.20 Å². The first kappa shape index (κ1) is 19.0. The highest BCUT2D eigenvalue weighted by Gasteiger charge is 2.33. The van der Waals surface area contributed by atoms with Gasteiger partial charge in [-0.1, -0.05) is 18.2 Å². The molecule has 2 rings (SSSR count). The lowest BCUT2D eigenvalue weighted by molar-refractivity contribution is -0.138. The van der Waals surface area contributed by atoms with E-state index >= 15 is 0 Å². The molecule has 0 spiro atoms. The van der Waals surface area contributed by atoms with Gasteiger partial charge in [0.2, 0.25) is 5.91 Å². The highest BCUT2D eigenvalue weighted by atomic mass is 19.4. The Bertz CT molecular complexity index is 727. The van der Waals surface area contributed by atoms with Crippen molar-refractivity contribution in [2.24, 2.45) is 7.05 Å². The van der Waals surface area contributed by atoms with Crippen molar-refractivity contribution in [2.75, 3.05) is 20.6 Å². The lowest BCUT2D eigenvalue weighted by Gasteiger charge is -2.23. The number of amides is 1. The maximum atomic E-state index is 13.0. The minimum Gasteiger partial charge on any atom is -0.340 e. The number of aryl methyl sites for hydroxylation is 1. The fourth-order valence-electron chi connectivity index (χ4n) is 2.55. The second kappa shape index (κ2) is 7.69. The van der Waals surface area contributed by atoms with Crippen molar-refractivity contribution in [2.45, 2.75) is 19.3 Å². The van der Waals surface area contributed by atoms with Gasteiger partial charge in [-0.2, -0.15) is 18.3 Å². The molecule has 0 aliphatic rings. The Morgan fingerprint density at radius 2 is 1.88 bits per heavy atom. The molecule has 1 aromatic heterocycles. The molecule has 1 heterocycles. The Morgan fingerprint density at radius 1 is 1.20 bits per heavy atom. The van der Waals surface area contributed by atoms with Crippen LogP contribution in [0, 0.1) is 0 Å². The van der Waals surface area contributed by atoms with E-state index in [1.54, 1.807) is 43.0 Å². The number of halogens is 3. The first-order chi connectivity index (χ1) is 11.7. The van der Waals surface area contributed by atoms with Gasteiger partial charge in [-0.25, -0.2) is 0 Å². The Balaban J connectivity index is 1.96. The van der Waals surface area contributed by atoms with Crippen LogP contribution in [-0.4, -0.2) is 46.1 Å². The first-order valence-corrected chi connectivity index (χ1v) is 7.72. The minimum atomic E-state index is -4.40. The number of alkyl halides is 3. The molecular formula is C17H21F3N4O. The van der Waals surface area contributed by atoms with Gasteiger partial charge in [0.05, 0.1) is 18.3 Å². The number of aromatic nitrogens is 2. The second-order valence-corrected chi connectivity index (χ2v) is 6.10. The zero-order chi connectivity index (χ0) is 18.6. The summed E-state index contributed by atoms with van der Waals surface area (Å²) in [4.78, 5) is 15.4. The topological polar surface area (TPSA) is 41.4 Å². The van der Waals surface area contributed by atoms with Crippen LogP contribution in [-0.2, 0) is 31.1 Å². The number of nitrogens with zero attached hydrogens (tertiary/aromatic N) is 4. The number of carbonyl (C=O) groups is 1. The van der Waals surface area contributed by atoms with Crippen LogP contribution in [0.2, 0.25) is 0 Å². The molecule has 0 atom stereocenters. The van der Waals surface area contributed by atoms with E-state index in [-0.39, 0.29) is 24.6 Å². The summed E-state index contributed by atoms with van der Waals surface area (Å²) in [6.07, 6.45) is -0.918. The molecular weight excluding hydrogens is 333 g/mol. The van der Waals surface area contributed by atoms with Crippen LogP contribution < -0.4 is 0 Å². The molecule has 0 N–H and O–H groups in total.